The molecular weight excluding hydrogens is 300 g/mol. The fourth-order valence-electron chi connectivity index (χ4n) is 2.17. The van der Waals surface area contributed by atoms with Gasteiger partial charge in [-0.05, 0) is 53.4 Å². The van der Waals surface area contributed by atoms with Crippen LogP contribution < -0.4 is 11.1 Å². The van der Waals surface area contributed by atoms with Crippen LogP contribution in [0.5, 0.6) is 0 Å². The first-order valence-electron chi connectivity index (χ1n) is 6.73. The average Bonchev–Trinajstić information content (AvgIpc) is 2.39. The Morgan fingerprint density at radius 1 is 1.11 bits per heavy atom. The second kappa shape index (κ2) is 6.40. The number of anilines is 1. The third-order valence-corrected chi connectivity index (χ3v) is 4.11. The lowest BCUT2D eigenvalue weighted by Gasteiger charge is -2.20. The van der Waals surface area contributed by atoms with E-state index in [1.807, 2.05) is 0 Å². The van der Waals surface area contributed by atoms with Gasteiger partial charge < -0.3 is 11.1 Å². The second-order valence-electron chi connectivity index (χ2n) is 5.33. The van der Waals surface area contributed by atoms with E-state index in [0.717, 1.165) is 23.2 Å². The predicted molar refractivity (Wildman–Crippen MR) is 87.5 cm³/mol. The van der Waals surface area contributed by atoms with Crippen LogP contribution in [0.2, 0.25) is 0 Å². The van der Waals surface area contributed by atoms with Crippen molar-refractivity contribution in [3.05, 3.63) is 40.9 Å². The lowest BCUT2D eigenvalue weighted by molar-refractivity contribution is 0.413. The molecule has 19 heavy (non-hydrogen) atoms. The molecule has 2 nitrogen and oxygen atoms in total. The molecule has 3 N–H and O–H groups in total. The van der Waals surface area contributed by atoms with Crippen molar-refractivity contribution >= 4 is 32.4 Å². The zero-order chi connectivity index (χ0) is 13.8. The summed E-state index contributed by atoms with van der Waals surface area (Å²) in [7, 11) is 0. The fraction of sp³-hybridized carbons (Fsp3) is 0.375. The second-order valence-corrected chi connectivity index (χ2v) is 6.24. The van der Waals surface area contributed by atoms with Crippen LogP contribution in [0.1, 0.15) is 13.8 Å². The number of fused-ring (bicyclic) bond motifs is 1. The van der Waals surface area contributed by atoms with Crippen LogP contribution in [0.25, 0.3) is 10.8 Å². The highest BCUT2D eigenvalue weighted by atomic mass is 79.9. The topological polar surface area (TPSA) is 38.0 Å². The molecular formula is C16H21BrN2. The van der Waals surface area contributed by atoms with E-state index in [9.17, 15) is 0 Å². The van der Waals surface area contributed by atoms with E-state index in [2.05, 4.69) is 71.5 Å². The average molecular weight is 321 g/mol. The van der Waals surface area contributed by atoms with Gasteiger partial charge in [-0.1, -0.05) is 41.9 Å². The summed E-state index contributed by atoms with van der Waals surface area (Å²) in [6.07, 6.45) is 0. The highest BCUT2D eigenvalue weighted by molar-refractivity contribution is 9.10. The van der Waals surface area contributed by atoms with Crippen molar-refractivity contribution in [3.8, 4) is 0 Å². The molecule has 2 rings (SSSR count). The molecule has 3 heteroatoms. The first-order chi connectivity index (χ1) is 9.10. The van der Waals surface area contributed by atoms with E-state index < -0.39 is 0 Å². The third-order valence-electron chi connectivity index (χ3n) is 3.62. The molecule has 0 heterocycles. The zero-order valence-electron chi connectivity index (χ0n) is 11.5. The van der Waals surface area contributed by atoms with E-state index >= 15 is 0 Å². The SMILES string of the molecule is CC(C)C(CN)CNc1ccc2cc(Br)ccc2c1. The molecule has 0 aromatic heterocycles. The first-order valence-corrected chi connectivity index (χ1v) is 7.52. The van der Waals surface area contributed by atoms with Gasteiger partial charge in [0.15, 0.2) is 0 Å². The number of hydrogen-bond acceptors (Lipinski definition) is 2. The van der Waals surface area contributed by atoms with Crippen molar-refractivity contribution < 1.29 is 0 Å². The minimum atomic E-state index is 0.514. The van der Waals surface area contributed by atoms with Gasteiger partial charge in [0.1, 0.15) is 0 Å². The largest absolute Gasteiger partial charge is 0.385 e. The zero-order valence-corrected chi connectivity index (χ0v) is 13.1. The maximum atomic E-state index is 5.80. The smallest absolute Gasteiger partial charge is 0.0346 e. The Hall–Kier alpha value is -1.06. The Labute approximate surface area is 123 Å². The molecule has 0 spiro atoms. The summed E-state index contributed by atoms with van der Waals surface area (Å²) in [5.41, 5.74) is 6.96. The first kappa shape index (κ1) is 14.4. The molecule has 0 radical (unpaired) electrons. The van der Waals surface area contributed by atoms with Gasteiger partial charge in [-0.15, -0.1) is 0 Å². The van der Waals surface area contributed by atoms with Gasteiger partial charge in [-0.3, -0.25) is 0 Å². The standard InChI is InChI=1S/C16H21BrN2/c1-11(2)14(9-18)10-19-16-6-4-12-7-15(17)5-3-13(12)8-16/h3-8,11,14,19H,9-10,18H2,1-2H3. The summed E-state index contributed by atoms with van der Waals surface area (Å²) >= 11 is 3.50. The lowest BCUT2D eigenvalue weighted by Crippen LogP contribution is -2.27. The predicted octanol–water partition coefficient (Wildman–Crippen LogP) is 4.25. The Morgan fingerprint density at radius 2 is 1.79 bits per heavy atom. The van der Waals surface area contributed by atoms with Crippen LogP contribution in [-0.4, -0.2) is 13.1 Å². The van der Waals surface area contributed by atoms with Crippen molar-refractivity contribution in [2.24, 2.45) is 17.6 Å². The van der Waals surface area contributed by atoms with Crippen molar-refractivity contribution in [2.45, 2.75) is 13.8 Å². The highest BCUT2D eigenvalue weighted by Gasteiger charge is 2.10. The maximum Gasteiger partial charge on any atom is 0.0346 e. The summed E-state index contributed by atoms with van der Waals surface area (Å²) in [4.78, 5) is 0. The van der Waals surface area contributed by atoms with Gasteiger partial charge in [0.05, 0.1) is 0 Å². The number of halogens is 1. The van der Waals surface area contributed by atoms with Gasteiger partial charge in [0.2, 0.25) is 0 Å². The van der Waals surface area contributed by atoms with E-state index in [1.165, 1.54) is 10.8 Å². The number of rotatable bonds is 5. The van der Waals surface area contributed by atoms with E-state index in [0.29, 0.717) is 11.8 Å². The van der Waals surface area contributed by atoms with Crippen molar-refractivity contribution in [1.82, 2.24) is 0 Å². The maximum absolute atomic E-state index is 5.80. The van der Waals surface area contributed by atoms with Gasteiger partial charge in [-0.2, -0.15) is 0 Å². The van der Waals surface area contributed by atoms with Gasteiger partial charge in [-0.25, -0.2) is 0 Å². The molecule has 0 saturated heterocycles. The summed E-state index contributed by atoms with van der Waals surface area (Å²) < 4.78 is 1.11. The van der Waals surface area contributed by atoms with Crippen LogP contribution in [0.4, 0.5) is 5.69 Å². The molecule has 1 atom stereocenters. The van der Waals surface area contributed by atoms with Crippen molar-refractivity contribution in [1.29, 1.82) is 0 Å². The van der Waals surface area contributed by atoms with Crippen LogP contribution in [0.15, 0.2) is 40.9 Å². The molecule has 0 aliphatic heterocycles. The molecule has 102 valence electrons. The fourth-order valence-corrected chi connectivity index (χ4v) is 2.55. The molecule has 0 aliphatic carbocycles. The minimum Gasteiger partial charge on any atom is -0.385 e. The highest BCUT2D eigenvalue weighted by Crippen LogP contribution is 2.23. The number of nitrogens with two attached hydrogens (primary N) is 1. The normalized spacial score (nSPS) is 12.9. The summed E-state index contributed by atoms with van der Waals surface area (Å²) in [6.45, 7) is 6.09. The van der Waals surface area contributed by atoms with E-state index in [4.69, 9.17) is 5.73 Å². The van der Waals surface area contributed by atoms with Crippen LogP contribution >= 0.6 is 15.9 Å². The summed E-state index contributed by atoms with van der Waals surface area (Å²) in [6, 6.07) is 12.8. The monoisotopic (exact) mass is 320 g/mol. The molecule has 0 fully saturated rings. The molecule has 1 unspecified atom stereocenters. The quantitative estimate of drug-likeness (QED) is 0.864. The van der Waals surface area contributed by atoms with E-state index in [1.54, 1.807) is 0 Å². The van der Waals surface area contributed by atoms with Gasteiger partial charge >= 0.3 is 0 Å². The Balaban J connectivity index is 2.11. The molecule has 0 amide bonds. The summed E-state index contributed by atoms with van der Waals surface area (Å²) in [5, 5.41) is 5.99. The van der Waals surface area contributed by atoms with Crippen molar-refractivity contribution in [3.63, 3.8) is 0 Å². The van der Waals surface area contributed by atoms with Gasteiger partial charge in [0, 0.05) is 16.7 Å². The third kappa shape index (κ3) is 3.71. The number of hydrogen-bond donors (Lipinski definition) is 2. The Morgan fingerprint density at radius 3 is 2.47 bits per heavy atom. The number of benzene rings is 2. The van der Waals surface area contributed by atoms with Crippen molar-refractivity contribution in [2.75, 3.05) is 18.4 Å². The van der Waals surface area contributed by atoms with Crippen LogP contribution in [-0.2, 0) is 0 Å². The van der Waals surface area contributed by atoms with Crippen LogP contribution in [0.3, 0.4) is 0 Å². The Kier molecular flexibility index (Phi) is 4.83. The van der Waals surface area contributed by atoms with E-state index in [-0.39, 0.29) is 0 Å². The van der Waals surface area contributed by atoms with Gasteiger partial charge in [0.25, 0.3) is 0 Å². The molecule has 2 aromatic rings. The molecule has 0 aliphatic rings. The van der Waals surface area contributed by atoms with Crippen LogP contribution in [0, 0.1) is 11.8 Å². The Bertz CT molecular complexity index is 551. The minimum absolute atomic E-state index is 0.514. The summed E-state index contributed by atoms with van der Waals surface area (Å²) in [5.74, 6) is 1.12. The molecule has 0 bridgehead atoms. The molecule has 0 saturated carbocycles. The number of nitrogens with one attached hydrogen (secondary N) is 1. The molecule has 2 aromatic carbocycles. The lowest BCUT2D eigenvalue weighted by atomic mass is 9.96.